The first-order valence-electron chi connectivity index (χ1n) is 6.51. The van der Waals surface area contributed by atoms with E-state index in [0.29, 0.717) is 6.61 Å². The van der Waals surface area contributed by atoms with Gasteiger partial charge in [0.25, 0.3) is 0 Å². The summed E-state index contributed by atoms with van der Waals surface area (Å²) in [7, 11) is 0. The molecule has 2 aromatic carbocycles. The quantitative estimate of drug-likeness (QED) is 0.769. The minimum atomic E-state index is 0.518. The van der Waals surface area contributed by atoms with Crippen molar-refractivity contribution in [3.8, 4) is 5.75 Å². The average Bonchev–Trinajstić information content (AvgIpc) is 2.47. The van der Waals surface area contributed by atoms with E-state index in [-0.39, 0.29) is 0 Å². The lowest BCUT2D eigenvalue weighted by Crippen LogP contribution is -2.00. The van der Waals surface area contributed by atoms with Gasteiger partial charge in [-0.05, 0) is 42.3 Å². The van der Waals surface area contributed by atoms with Crippen LogP contribution in [0.4, 0.5) is 5.69 Å². The van der Waals surface area contributed by atoms with E-state index >= 15 is 0 Å². The Hall–Kier alpha value is -1.93. The highest BCUT2D eigenvalue weighted by Crippen LogP contribution is 2.21. The third kappa shape index (κ3) is 4.04. The van der Waals surface area contributed by atoms with Gasteiger partial charge in [0.2, 0.25) is 0 Å². The molecule has 0 fully saturated rings. The molecule has 0 saturated heterocycles. The van der Waals surface area contributed by atoms with Gasteiger partial charge in [0.15, 0.2) is 0 Å². The van der Waals surface area contributed by atoms with Crippen LogP contribution >= 0.6 is 11.6 Å². The summed E-state index contributed by atoms with van der Waals surface area (Å²) in [6.07, 6.45) is 1.74. The molecule has 0 spiro atoms. The fourth-order valence-electron chi connectivity index (χ4n) is 1.81. The molecule has 0 unspecified atom stereocenters. The van der Waals surface area contributed by atoms with Gasteiger partial charge in [0, 0.05) is 17.3 Å². The maximum absolute atomic E-state index is 6.11. The predicted molar refractivity (Wildman–Crippen MR) is 85.6 cm³/mol. The van der Waals surface area contributed by atoms with E-state index in [1.54, 1.807) is 6.08 Å². The molecule has 0 aliphatic rings. The van der Waals surface area contributed by atoms with Gasteiger partial charge >= 0.3 is 0 Å². The predicted octanol–water partition coefficient (Wildman–Crippen LogP) is 4.83. The molecular formula is C17H18ClNO. The monoisotopic (exact) mass is 287 g/mol. The smallest absolute Gasteiger partial charge is 0.120 e. The van der Waals surface area contributed by atoms with Gasteiger partial charge in [-0.25, -0.2) is 0 Å². The second kappa shape index (κ2) is 7.01. The Balaban J connectivity index is 1.99. The minimum absolute atomic E-state index is 0.518. The van der Waals surface area contributed by atoms with Gasteiger partial charge < -0.3 is 10.1 Å². The normalized spacial score (nSPS) is 10.1. The Morgan fingerprint density at radius 2 is 2.10 bits per heavy atom. The number of hydrogen-bond acceptors (Lipinski definition) is 2. The SMILES string of the molecule is C=CCOc1cccc(CNc2ccc(C)c(Cl)c2)c1. The van der Waals surface area contributed by atoms with E-state index in [1.165, 1.54) is 0 Å². The van der Waals surface area contributed by atoms with Crippen molar-refractivity contribution in [1.29, 1.82) is 0 Å². The number of aryl methyl sites for hydroxylation is 1. The Morgan fingerprint density at radius 1 is 1.25 bits per heavy atom. The molecule has 1 N–H and O–H groups in total. The number of nitrogens with one attached hydrogen (secondary N) is 1. The van der Waals surface area contributed by atoms with Crippen LogP contribution in [0.2, 0.25) is 5.02 Å². The Kier molecular flexibility index (Phi) is 5.08. The number of benzene rings is 2. The largest absolute Gasteiger partial charge is 0.490 e. The fourth-order valence-corrected chi connectivity index (χ4v) is 1.99. The topological polar surface area (TPSA) is 21.3 Å². The van der Waals surface area contributed by atoms with Crippen LogP contribution in [0.1, 0.15) is 11.1 Å². The second-order valence-corrected chi connectivity index (χ2v) is 4.97. The molecule has 0 saturated carbocycles. The summed E-state index contributed by atoms with van der Waals surface area (Å²) in [5, 5.41) is 4.13. The fraction of sp³-hybridized carbons (Fsp3) is 0.176. The van der Waals surface area contributed by atoms with Crippen LogP contribution in [0.25, 0.3) is 0 Å². The van der Waals surface area contributed by atoms with E-state index in [4.69, 9.17) is 16.3 Å². The van der Waals surface area contributed by atoms with E-state index in [9.17, 15) is 0 Å². The van der Waals surface area contributed by atoms with Crippen molar-refractivity contribution in [1.82, 2.24) is 0 Å². The molecule has 0 aliphatic carbocycles. The number of ether oxygens (including phenoxy) is 1. The zero-order chi connectivity index (χ0) is 14.4. The third-order valence-electron chi connectivity index (χ3n) is 2.93. The van der Waals surface area contributed by atoms with Crippen molar-refractivity contribution in [2.45, 2.75) is 13.5 Å². The molecule has 2 nitrogen and oxygen atoms in total. The molecular weight excluding hydrogens is 270 g/mol. The minimum Gasteiger partial charge on any atom is -0.490 e. The standard InChI is InChI=1S/C17H18ClNO/c1-3-9-20-16-6-4-5-14(10-16)12-19-15-8-7-13(2)17(18)11-15/h3-8,10-11,19H,1,9,12H2,2H3. The van der Waals surface area contributed by atoms with E-state index in [0.717, 1.165) is 34.1 Å². The summed E-state index contributed by atoms with van der Waals surface area (Å²) in [5.74, 6) is 0.853. The number of halogens is 1. The zero-order valence-electron chi connectivity index (χ0n) is 11.5. The van der Waals surface area contributed by atoms with Crippen LogP contribution in [-0.2, 0) is 6.54 Å². The molecule has 104 valence electrons. The summed E-state index contributed by atoms with van der Waals surface area (Å²) in [6, 6.07) is 14.0. The molecule has 20 heavy (non-hydrogen) atoms. The highest BCUT2D eigenvalue weighted by molar-refractivity contribution is 6.31. The summed E-state index contributed by atoms with van der Waals surface area (Å²) in [6.45, 7) is 6.88. The van der Waals surface area contributed by atoms with Crippen molar-refractivity contribution in [3.05, 3.63) is 71.3 Å². The Morgan fingerprint density at radius 3 is 2.85 bits per heavy atom. The molecule has 3 heteroatoms. The highest BCUT2D eigenvalue weighted by Gasteiger charge is 1.99. The van der Waals surface area contributed by atoms with Gasteiger partial charge in [-0.15, -0.1) is 0 Å². The van der Waals surface area contributed by atoms with Gasteiger partial charge in [-0.3, -0.25) is 0 Å². The zero-order valence-corrected chi connectivity index (χ0v) is 12.3. The van der Waals surface area contributed by atoms with Gasteiger partial charge in [0.05, 0.1) is 0 Å². The molecule has 0 aromatic heterocycles. The number of hydrogen-bond donors (Lipinski definition) is 1. The maximum atomic E-state index is 6.11. The first-order valence-corrected chi connectivity index (χ1v) is 6.89. The van der Waals surface area contributed by atoms with Crippen LogP contribution < -0.4 is 10.1 Å². The van der Waals surface area contributed by atoms with Gasteiger partial charge in [-0.2, -0.15) is 0 Å². The van der Waals surface area contributed by atoms with Crippen molar-refractivity contribution in [2.24, 2.45) is 0 Å². The lowest BCUT2D eigenvalue weighted by Gasteiger charge is -2.09. The highest BCUT2D eigenvalue weighted by atomic mass is 35.5. The summed E-state index contributed by atoms with van der Waals surface area (Å²) in [4.78, 5) is 0. The van der Waals surface area contributed by atoms with Crippen LogP contribution in [0.5, 0.6) is 5.75 Å². The lowest BCUT2D eigenvalue weighted by molar-refractivity contribution is 0.363. The maximum Gasteiger partial charge on any atom is 0.120 e. The van der Waals surface area contributed by atoms with Crippen LogP contribution in [0, 0.1) is 6.92 Å². The molecule has 0 atom stereocenters. The van der Waals surface area contributed by atoms with Crippen molar-refractivity contribution >= 4 is 17.3 Å². The van der Waals surface area contributed by atoms with E-state index in [1.807, 2.05) is 43.3 Å². The van der Waals surface area contributed by atoms with Crippen molar-refractivity contribution in [2.75, 3.05) is 11.9 Å². The molecule has 2 rings (SSSR count). The molecule has 0 amide bonds. The van der Waals surface area contributed by atoms with Crippen molar-refractivity contribution < 1.29 is 4.74 Å². The summed E-state index contributed by atoms with van der Waals surface area (Å²) < 4.78 is 5.52. The van der Waals surface area contributed by atoms with Crippen LogP contribution in [0.15, 0.2) is 55.1 Å². The van der Waals surface area contributed by atoms with Gasteiger partial charge in [0.1, 0.15) is 12.4 Å². The molecule has 0 aliphatic heterocycles. The average molecular weight is 288 g/mol. The third-order valence-corrected chi connectivity index (χ3v) is 3.34. The number of rotatable bonds is 6. The lowest BCUT2D eigenvalue weighted by atomic mass is 10.2. The molecule has 0 bridgehead atoms. The summed E-state index contributed by atoms with van der Waals surface area (Å²) in [5.41, 5.74) is 3.25. The van der Waals surface area contributed by atoms with Crippen molar-refractivity contribution in [3.63, 3.8) is 0 Å². The van der Waals surface area contributed by atoms with Crippen LogP contribution in [0.3, 0.4) is 0 Å². The molecule has 2 aromatic rings. The Labute approximate surface area is 125 Å². The summed E-state index contributed by atoms with van der Waals surface area (Å²) >= 11 is 6.11. The van der Waals surface area contributed by atoms with Crippen LogP contribution in [-0.4, -0.2) is 6.61 Å². The van der Waals surface area contributed by atoms with E-state index < -0.39 is 0 Å². The van der Waals surface area contributed by atoms with Gasteiger partial charge in [-0.1, -0.05) is 42.5 Å². The molecule has 0 heterocycles. The second-order valence-electron chi connectivity index (χ2n) is 4.56. The van der Waals surface area contributed by atoms with E-state index in [2.05, 4.69) is 18.0 Å². The Bertz CT molecular complexity index is 595. The first kappa shape index (κ1) is 14.5. The number of anilines is 1. The first-order chi connectivity index (χ1) is 9.69. The molecule has 0 radical (unpaired) electrons.